The molecular weight excluding hydrogens is 414 g/mol. The molecule has 0 amide bonds. The van der Waals surface area contributed by atoms with Crippen molar-refractivity contribution in [3.05, 3.63) is 89.0 Å². The number of aliphatic imine (C=N–C) groups is 1. The maximum Gasteiger partial charge on any atom is 0.191 e. The number of nitrogens with one attached hydrogen (secondary N) is 1. The summed E-state index contributed by atoms with van der Waals surface area (Å²) in [5.41, 5.74) is 6.22. The van der Waals surface area contributed by atoms with E-state index in [0.717, 1.165) is 54.5 Å². The molecule has 1 N–H and O–H groups in total. The molecule has 1 aliphatic heterocycles. The first kappa shape index (κ1) is 20.8. The number of aryl methyl sites for hydroxylation is 1. The van der Waals surface area contributed by atoms with Crippen molar-refractivity contribution in [1.29, 1.82) is 0 Å². The quantitative estimate of drug-likeness (QED) is 0.320. The lowest BCUT2D eigenvalue weighted by atomic mass is 10.1. The summed E-state index contributed by atoms with van der Waals surface area (Å²) in [6.07, 6.45) is 10.0. The fraction of sp³-hybridized carbons (Fsp3) is 0.269. The number of para-hydroxylation sites is 1. The largest absolute Gasteiger partial charge is 0.361 e. The van der Waals surface area contributed by atoms with Gasteiger partial charge in [0.2, 0.25) is 0 Å². The molecule has 0 saturated heterocycles. The number of allylic oxidation sites excluding steroid dienone is 2. The van der Waals surface area contributed by atoms with Gasteiger partial charge in [-0.25, -0.2) is 0 Å². The van der Waals surface area contributed by atoms with Gasteiger partial charge in [-0.3, -0.25) is 4.99 Å². The zero-order valence-electron chi connectivity index (χ0n) is 18.3. The van der Waals surface area contributed by atoms with Gasteiger partial charge in [-0.1, -0.05) is 65.9 Å². The standard InChI is InChI=1S/C26H27N5S/c1-19-7-4-8-20(15-19)18-32-26-30-29-25(31(26)14-6-10-22-9-5-13-27-22)16-21-17-28-24-12-3-2-11-23(21)24/h2-4,7-9,11-13,15,17,28H,5-6,10,14,16,18H2,1H3. The summed E-state index contributed by atoms with van der Waals surface area (Å²) in [6, 6.07) is 17.1. The van der Waals surface area contributed by atoms with Gasteiger partial charge in [-0.2, -0.15) is 0 Å². The first-order valence-electron chi connectivity index (χ1n) is 11.1. The van der Waals surface area contributed by atoms with Gasteiger partial charge in [0.15, 0.2) is 5.16 Å². The van der Waals surface area contributed by atoms with Gasteiger partial charge in [0, 0.05) is 54.2 Å². The second kappa shape index (κ2) is 9.57. The van der Waals surface area contributed by atoms with Crippen LogP contribution in [0.5, 0.6) is 0 Å². The number of hydrogen-bond donors (Lipinski definition) is 1. The Kier molecular flexibility index (Phi) is 6.21. The van der Waals surface area contributed by atoms with E-state index >= 15 is 0 Å². The van der Waals surface area contributed by atoms with Crippen molar-refractivity contribution in [3.63, 3.8) is 0 Å². The van der Waals surface area contributed by atoms with Crippen LogP contribution in [0, 0.1) is 6.92 Å². The number of rotatable bonds is 9. The zero-order valence-corrected chi connectivity index (χ0v) is 19.1. The van der Waals surface area contributed by atoms with Gasteiger partial charge in [0.05, 0.1) is 0 Å². The fourth-order valence-corrected chi connectivity index (χ4v) is 5.10. The second-order valence-corrected chi connectivity index (χ2v) is 9.15. The first-order chi connectivity index (χ1) is 15.8. The molecule has 0 fully saturated rings. The van der Waals surface area contributed by atoms with Crippen LogP contribution in [0.3, 0.4) is 0 Å². The van der Waals surface area contributed by atoms with Gasteiger partial charge in [0.25, 0.3) is 0 Å². The third-order valence-corrected chi connectivity index (χ3v) is 6.84. The lowest BCUT2D eigenvalue weighted by Gasteiger charge is -2.10. The van der Waals surface area contributed by atoms with Crippen molar-refractivity contribution in [3.8, 4) is 0 Å². The van der Waals surface area contributed by atoms with E-state index in [9.17, 15) is 0 Å². The Labute approximate surface area is 192 Å². The Bertz CT molecular complexity index is 1280. The molecule has 0 spiro atoms. The Hall–Kier alpha value is -3.12. The summed E-state index contributed by atoms with van der Waals surface area (Å²) in [5.74, 6) is 1.91. The zero-order chi connectivity index (χ0) is 21.8. The minimum atomic E-state index is 0.767. The van der Waals surface area contributed by atoms with Crippen LogP contribution in [0.4, 0.5) is 0 Å². The van der Waals surface area contributed by atoms with Gasteiger partial charge < -0.3 is 9.55 Å². The van der Waals surface area contributed by atoms with Crippen molar-refractivity contribution >= 4 is 28.9 Å². The highest BCUT2D eigenvalue weighted by Crippen LogP contribution is 2.26. The molecule has 0 saturated carbocycles. The van der Waals surface area contributed by atoms with Crippen LogP contribution >= 0.6 is 11.8 Å². The molecule has 0 unspecified atom stereocenters. The van der Waals surface area contributed by atoms with Crippen molar-refractivity contribution in [2.24, 2.45) is 4.99 Å². The number of fused-ring (bicyclic) bond motifs is 1. The van der Waals surface area contributed by atoms with E-state index in [2.05, 4.69) is 92.5 Å². The van der Waals surface area contributed by atoms with Crippen LogP contribution in [0.1, 0.15) is 41.8 Å². The summed E-state index contributed by atoms with van der Waals surface area (Å²) in [7, 11) is 0. The summed E-state index contributed by atoms with van der Waals surface area (Å²) < 4.78 is 2.31. The molecule has 2 aromatic carbocycles. The molecule has 5 nitrogen and oxygen atoms in total. The van der Waals surface area contributed by atoms with Crippen LogP contribution in [0.25, 0.3) is 10.9 Å². The Balaban J connectivity index is 1.36. The molecule has 4 aromatic rings. The highest BCUT2D eigenvalue weighted by atomic mass is 32.2. The number of hydrogen-bond acceptors (Lipinski definition) is 4. The first-order valence-corrected chi connectivity index (χ1v) is 12.1. The molecule has 0 bridgehead atoms. The van der Waals surface area contributed by atoms with E-state index in [0.29, 0.717) is 0 Å². The number of thioether (sulfide) groups is 1. The second-order valence-electron chi connectivity index (χ2n) is 8.21. The number of benzene rings is 2. The highest BCUT2D eigenvalue weighted by Gasteiger charge is 2.15. The van der Waals surface area contributed by atoms with Crippen molar-refractivity contribution in [2.45, 2.75) is 50.1 Å². The van der Waals surface area contributed by atoms with Crippen molar-refractivity contribution in [1.82, 2.24) is 19.7 Å². The van der Waals surface area contributed by atoms with Gasteiger partial charge in [0.1, 0.15) is 5.82 Å². The number of nitrogens with zero attached hydrogens (tertiary/aromatic N) is 4. The molecule has 0 atom stereocenters. The van der Waals surface area contributed by atoms with Crippen molar-refractivity contribution in [2.75, 3.05) is 0 Å². The van der Waals surface area contributed by atoms with E-state index in [1.54, 1.807) is 11.8 Å². The van der Waals surface area contributed by atoms with Gasteiger partial charge >= 0.3 is 0 Å². The van der Waals surface area contributed by atoms with Crippen LogP contribution in [0.2, 0.25) is 0 Å². The molecule has 3 heterocycles. The topological polar surface area (TPSA) is 58.9 Å². The van der Waals surface area contributed by atoms with E-state index in [1.165, 1.54) is 27.8 Å². The average Bonchev–Trinajstić information content (AvgIpc) is 3.55. The Morgan fingerprint density at radius 3 is 2.91 bits per heavy atom. The lowest BCUT2D eigenvalue weighted by molar-refractivity contribution is 0.573. The van der Waals surface area contributed by atoms with Crippen LogP contribution in [0.15, 0.2) is 76.6 Å². The summed E-state index contributed by atoms with van der Waals surface area (Å²) in [5, 5.41) is 11.4. The number of aromatic nitrogens is 4. The van der Waals surface area contributed by atoms with Crippen LogP contribution < -0.4 is 0 Å². The average molecular weight is 442 g/mol. The molecule has 5 rings (SSSR count). The predicted octanol–water partition coefficient (Wildman–Crippen LogP) is 6.09. The SMILES string of the molecule is Cc1cccc(CSc2nnc(Cc3c[nH]c4ccccc34)n2CCCC2=CCC=N2)c1. The maximum atomic E-state index is 4.61. The molecule has 0 radical (unpaired) electrons. The minimum absolute atomic E-state index is 0.767. The number of H-pyrrole nitrogens is 1. The summed E-state index contributed by atoms with van der Waals surface area (Å²) in [6.45, 7) is 3.03. The fourth-order valence-electron chi connectivity index (χ4n) is 4.18. The summed E-state index contributed by atoms with van der Waals surface area (Å²) in [4.78, 5) is 7.85. The van der Waals surface area contributed by atoms with Gasteiger partial charge in [-0.15, -0.1) is 10.2 Å². The Morgan fingerprint density at radius 2 is 2.03 bits per heavy atom. The normalized spacial score (nSPS) is 13.2. The molecule has 2 aromatic heterocycles. The molecule has 162 valence electrons. The minimum Gasteiger partial charge on any atom is -0.361 e. The smallest absolute Gasteiger partial charge is 0.191 e. The summed E-state index contributed by atoms with van der Waals surface area (Å²) >= 11 is 1.77. The van der Waals surface area contributed by atoms with E-state index in [1.807, 2.05) is 6.21 Å². The van der Waals surface area contributed by atoms with E-state index < -0.39 is 0 Å². The van der Waals surface area contributed by atoms with Crippen LogP contribution in [-0.2, 0) is 18.7 Å². The predicted molar refractivity (Wildman–Crippen MR) is 132 cm³/mol. The molecule has 1 aliphatic rings. The highest BCUT2D eigenvalue weighted by molar-refractivity contribution is 7.98. The number of aromatic amines is 1. The Morgan fingerprint density at radius 1 is 1.09 bits per heavy atom. The molecule has 0 aliphatic carbocycles. The van der Waals surface area contributed by atoms with Gasteiger partial charge in [-0.05, 0) is 37.0 Å². The van der Waals surface area contributed by atoms with Crippen molar-refractivity contribution < 1.29 is 0 Å². The van der Waals surface area contributed by atoms with Crippen LogP contribution in [-0.4, -0.2) is 26.0 Å². The third-order valence-electron chi connectivity index (χ3n) is 5.80. The molecule has 32 heavy (non-hydrogen) atoms. The van der Waals surface area contributed by atoms with E-state index in [-0.39, 0.29) is 0 Å². The molecule has 6 heteroatoms. The monoisotopic (exact) mass is 441 g/mol. The molecular formula is C26H27N5S. The maximum absolute atomic E-state index is 4.61. The van der Waals surface area contributed by atoms with E-state index in [4.69, 9.17) is 0 Å². The lowest BCUT2D eigenvalue weighted by Crippen LogP contribution is -2.06. The third kappa shape index (κ3) is 4.70.